The standard InChI is InChI=1S/C23H19F3N2O4/c1-13-21(28-20(11-27-13)23(24,25)26)19(29)10-16-8-14-6-4-5-7-15(14)9-17(16)18(12-31-2)22(30)32-3/h4-9,11-12H,10H2,1-3H3. The second-order valence-corrected chi connectivity index (χ2v) is 6.90. The van der Waals surface area contributed by atoms with Gasteiger partial charge in [0.2, 0.25) is 0 Å². The molecular weight excluding hydrogens is 425 g/mol. The summed E-state index contributed by atoms with van der Waals surface area (Å²) < 4.78 is 49.0. The van der Waals surface area contributed by atoms with Gasteiger partial charge in [0.1, 0.15) is 11.3 Å². The number of methoxy groups -OCH3 is 2. The molecule has 166 valence electrons. The van der Waals surface area contributed by atoms with E-state index in [4.69, 9.17) is 9.47 Å². The van der Waals surface area contributed by atoms with Crippen LogP contribution in [0.25, 0.3) is 16.3 Å². The Kier molecular flexibility index (Phi) is 6.57. The third kappa shape index (κ3) is 4.77. The number of fused-ring (bicyclic) bond motifs is 1. The Hall–Kier alpha value is -3.75. The zero-order valence-corrected chi connectivity index (χ0v) is 17.5. The summed E-state index contributed by atoms with van der Waals surface area (Å²) in [7, 11) is 2.57. The highest BCUT2D eigenvalue weighted by Crippen LogP contribution is 2.30. The number of ether oxygens (including phenoxy) is 2. The summed E-state index contributed by atoms with van der Waals surface area (Å²) in [5, 5.41) is 1.58. The maximum Gasteiger partial charge on any atom is 0.434 e. The van der Waals surface area contributed by atoms with Crippen LogP contribution in [-0.4, -0.2) is 35.9 Å². The van der Waals surface area contributed by atoms with E-state index in [9.17, 15) is 22.8 Å². The minimum absolute atomic E-state index is 0.0652. The molecule has 0 amide bonds. The van der Waals surface area contributed by atoms with Gasteiger partial charge in [-0.15, -0.1) is 0 Å². The maximum atomic E-state index is 13.1. The number of benzene rings is 2. The molecule has 0 fully saturated rings. The number of carbonyl (C=O) groups is 2. The fraction of sp³-hybridized carbons (Fsp3) is 0.217. The third-order valence-electron chi connectivity index (χ3n) is 4.76. The molecule has 0 unspecified atom stereocenters. The van der Waals surface area contributed by atoms with Crippen molar-refractivity contribution in [3.05, 3.63) is 77.1 Å². The Labute approximate surface area is 181 Å². The first-order valence-corrected chi connectivity index (χ1v) is 9.43. The van der Waals surface area contributed by atoms with Crippen molar-refractivity contribution in [2.45, 2.75) is 19.5 Å². The summed E-state index contributed by atoms with van der Waals surface area (Å²) in [6, 6.07) is 10.7. The molecular formula is C23H19F3N2O4. The molecule has 0 aliphatic heterocycles. The van der Waals surface area contributed by atoms with E-state index in [1.165, 1.54) is 27.4 Å². The second kappa shape index (κ2) is 9.17. The Bertz CT molecular complexity index is 1220. The number of ketones is 1. The third-order valence-corrected chi connectivity index (χ3v) is 4.76. The minimum Gasteiger partial charge on any atom is -0.503 e. The smallest absolute Gasteiger partial charge is 0.434 e. The Balaban J connectivity index is 2.13. The highest BCUT2D eigenvalue weighted by molar-refractivity contribution is 6.17. The van der Waals surface area contributed by atoms with E-state index >= 15 is 0 Å². The molecule has 9 heteroatoms. The van der Waals surface area contributed by atoms with Crippen LogP contribution in [0.5, 0.6) is 0 Å². The number of halogens is 3. The molecule has 0 saturated heterocycles. The van der Waals surface area contributed by atoms with Crippen LogP contribution in [0, 0.1) is 6.92 Å². The van der Waals surface area contributed by atoms with E-state index in [-0.39, 0.29) is 23.4 Å². The summed E-state index contributed by atoms with van der Waals surface area (Å²) in [6.07, 6.45) is -3.26. The number of Topliss-reactive ketones (excluding diaryl/α,β-unsaturated/α-hetero) is 1. The largest absolute Gasteiger partial charge is 0.503 e. The molecule has 0 saturated carbocycles. The summed E-state index contributed by atoms with van der Waals surface area (Å²) in [4.78, 5) is 32.5. The van der Waals surface area contributed by atoms with Gasteiger partial charge in [-0.05, 0) is 34.9 Å². The van der Waals surface area contributed by atoms with Crippen LogP contribution in [0.3, 0.4) is 0 Å². The van der Waals surface area contributed by atoms with Crippen molar-refractivity contribution in [3.63, 3.8) is 0 Å². The molecule has 3 rings (SSSR count). The van der Waals surface area contributed by atoms with E-state index in [0.717, 1.165) is 10.8 Å². The summed E-state index contributed by atoms with van der Waals surface area (Å²) >= 11 is 0. The van der Waals surface area contributed by atoms with E-state index in [1.807, 2.05) is 24.3 Å². The van der Waals surface area contributed by atoms with Crippen molar-refractivity contribution in [2.75, 3.05) is 14.2 Å². The highest BCUT2D eigenvalue weighted by atomic mass is 19.4. The highest BCUT2D eigenvalue weighted by Gasteiger charge is 2.34. The lowest BCUT2D eigenvalue weighted by molar-refractivity contribution is -0.141. The fourth-order valence-corrected chi connectivity index (χ4v) is 3.24. The average molecular weight is 444 g/mol. The number of hydrogen-bond donors (Lipinski definition) is 0. The normalized spacial score (nSPS) is 12.0. The monoisotopic (exact) mass is 444 g/mol. The van der Waals surface area contributed by atoms with Gasteiger partial charge >= 0.3 is 12.1 Å². The number of rotatable bonds is 6. The van der Waals surface area contributed by atoms with Gasteiger partial charge in [0.15, 0.2) is 11.5 Å². The van der Waals surface area contributed by atoms with Crippen LogP contribution in [0.15, 0.2) is 48.9 Å². The SMILES string of the molecule is COC=C(C(=O)OC)c1cc2ccccc2cc1CC(=O)c1nc(C(F)(F)F)cnc1C. The Morgan fingerprint density at radius 3 is 2.34 bits per heavy atom. The molecule has 0 N–H and O–H groups in total. The summed E-state index contributed by atoms with van der Waals surface area (Å²) in [6.45, 7) is 1.41. The maximum absolute atomic E-state index is 13.1. The summed E-state index contributed by atoms with van der Waals surface area (Å²) in [5.41, 5.74) is -0.722. The zero-order valence-electron chi connectivity index (χ0n) is 17.5. The molecule has 3 aromatic rings. The van der Waals surface area contributed by atoms with Crippen molar-refractivity contribution in [1.82, 2.24) is 9.97 Å². The van der Waals surface area contributed by atoms with Crippen LogP contribution in [-0.2, 0) is 26.9 Å². The van der Waals surface area contributed by atoms with Crippen molar-refractivity contribution in [3.8, 4) is 0 Å². The van der Waals surface area contributed by atoms with E-state index in [2.05, 4.69) is 9.97 Å². The average Bonchev–Trinajstić information content (AvgIpc) is 2.76. The lowest BCUT2D eigenvalue weighted by Gasteiger charge is -2.14. The van der Waals surface area contributed by atoms with Crippen molar-refractivity contribution < 1.29 is 32.2 Å². The molecule has 0 radical (unpaired) electrons. The van der Waals surface area contributed by atoms with Gasteiger partial charge in [-0.1, -0.05) is 30.3 Å². The quantitative estimate of drug-likeness (QED) is 0.240. The molecule has 0 aliphatic carbocycles. The summed E-state index contributed by atoms with van der Waals surface area (Å²) in [5.74, 6) is -1.36. The topological polar surface area (TPSA) is 78.4 Å². The predicted octanol–water partition coefficient (Wildman–Crippen LogP) is 4.54. The lowest BCUT2D eigenvalue weighted by Crippen LogP contribution is -2.17. The lowest BCUT2D eigenvalue weighted by atomic mass is 9.92. The number of aromatic nitrogens is 2. The van der Waals surface area contributed by atoms with Crippen molar-refractivity contribution >= 4 is 28.1 Å². The first-order valence-electron chi connectivity index (χ1n) is 9.43. The van der Waals surface area contributed by atoms with Crippen molar-refractivity contribution in [2.24, 2.45) is 0 Å². The molecule has 0 spiro atoms. The number of carbonyl (C=O) groups excluding carboxylic acids is 2. The van der Waals surface area contributed by atoms with Gasteiger partial charge in [-0.2, -0.15) is 13.2 Å². The van der Waals surface area contributed by atoms with Gasteiger partial charge in [0.25, 0.3) is 0 Å². The molecule has 0 aliphatic rings. The molecule has 1 heterocycles. The fourth-order valence-electron chi connectivity index (χ4n) is 3.24. The number of aryl methyl sites for hydroxylation is 1. The molecule has 6 nitrogen and oxygen atoms in total. The van der Waals surface area contributed by atoms with Gasteiger partial charge in [-0.3, -0.25) is 9.78 Å². The predicted molar refractivity (Wildman–Crippen MR) is 111 cm³/mol. The molecule has 1 aromatic heterocycles. The molecule has 0 bridgehead atoms. The first kappa shape index (κ1) is 22.9. The van der Waals surface area contributed by atoms with E-state index < -0.39 is 23.6 Å². The van der Waals surface area contributed by atoms with Crippen LogP contribution < -0.4 is 0 Å². The van der Waals surface area contributed by atoms with Gasteiger partial charge < -0.3 is 9.47 Å². The number of alkyl halides is 3. The number of esters is 1. The van der Waals surface area contributed by atoms with Crippen LogP contribution in [0.1, 0.15) is 33.0 Å². The van der Waals surface area contributed by atoms with Crippen LogP contribution in [0.2, 0.25) is 0 Å². The van der Waals surface area contributed by atoms with Gasteiger partial charge in [-0.25, -0.2) is 9.78 Å². The Morgan fingerprint density at radius 2 is 1.75 bits per heavy atom. The van der Waals surface area contributed by atoms with E-state index in [1.54, 1.807) is 12.1 Å². The van der Waals surface area contributed by atoms with E-state index in [0.29, 0.717) is 17.3 Å². The van der Waals surface area contributed by atoms with Crippen LogP contribution >= 0.6 is 0 Å². The van der Waals surface area contributed by atoms with Gasteiger partial charge in [0.05, 0.1) is 32.4 Å². The zero-order chi connectivity index (χ0) is 23.5. The first-order chi connectivity index (χ1) is 15.2. The molecule has 0 atom stereocenters. The Morgan fingerprint density at radius 1 is 1.09 bits per heavy atom. The number of nitrogens with zero attached hydrogens (tertiary/aromatic N) is 2. The minimum atomic E-state index is -4.73. The van der Waals surface area contributed by atoms with Crippen LogP contribution in [0.4, 0.5) is 13.2 Å². The molecule has 32 heavy (non-hydrogen) atoms. The van der Waals surface area contributed by atoms with Crippen molar-refractivity contribution in [1.29, 1.82) is 0 Å². The second-order valence-electron chi connectivity index (χ2n) is 6.90. The number of hydrogen-bond acceptors (Lipinski definition) is 6. The molecule has 2 aromatic carbocycles. The van der Waals surface area contributed by atoms with Gasteiger partial charge in [0, 0.05) is 6.42 Å².